The summed E-state index contributed by atoms with van der Waals surface area (Å²) in [5, 5.41) is 14.5. The van der Waals surface area contributed by atoms with Gasteiger partial charge in [0.1, 0.15) is 21.1 Å². The Morgan fingerprint density at radius 1 is 0.688 bits per heavy atom. The Hall–Kier alpha value is -2.78. The normalized spacial score (nSPS) is 36.5. The van der Waals surface area contributed by atoms with Gasteiger partial charge in [0, 0.05) is 5.56 Å². The van der Waals surface area contributed by atoms with Crippen LogP contribution in [0.3, 0.4) is 0 Å². The number of nitrogens with one attached hydrogen (secondary N) is 4. The van der Waals surface area contributed by atoms with Gasteiger partial charge in [-0.1, -0.05) is 42.5 Å². The lowest BCUT2D eigenvalue weighted by molar-refractivity contribution is 0.513. The van der Waals surface area contributed by atoms with Gasteiger partial charge >= 0.3 is 0 Å². The van der Waals surface area contributed by atoms with Crippen molar-refractivity contribution in [2.24, 2.45) is 11.5 Å². The molecular weight excluding hydrogens is 436 g/mol. The number of nitrogens with two attached hydrogens (primary N) is 2. The van der Waals surface area contributed by atoms with Crippen LogP contribution in [0, 0.1) is 0 Å². The van der Waals surface area contributed by atoms with E-state index in [0.717, 1.165) is 45.0 Å². The van der Waals surface area contributed by atoms with Crippen molar-refractivity contribution in [2.45, 2.75) is 21.1 Å². The molecule has 8 bridgehead atoms. The summed E-state index contributed by atoms with van der Waals surface area (Å²) in [6.07, 6.45) is 12.1. The van der Waals surface area contributed by atoms with Gasteiger partial charge in [0.05, 0.1) is 22.7 Å². The molecule has 8 heteroatoms. The second kappa shape index (κ2) is 5.58. The first-order valence-corrected chi connectivity index (χ1v) is 11.4. The van der Waals surface area contributed by atoms with E-state index >= 15 is 0 Å². The van der Waals surface area contributed by atoms with Gasteiger partial charge in [0.2, 0.25) is 0 Å². The Labute approximate surface area is 196 Å². The molecule has 0 aromatic heterocycles. The number of rotatable bonds is 1. The Morgan fingerprint density at radius 2 is 1.28 bits per heavy atom. The second-order valence-corrected chi connectivity index (χ2v) is 10.5. The van der Waals surface area contributed by atoms with Crippen LogP contribution >= 0.6 is 25.3 Å². The smallest absolute Gasteiger partial charge is 0.142 e. The lowest BCUT2D eigenvalue weighted by Crippen LogP contribution is -2.66. The van der Waals surface area contributed by atoms with E-state index in [1.165, 1.54) is 0 Å². The van der Waals surface area contributed by atoms with E-state index in [0.29, 0.717) is 0 Å². The van der Waals surface area contributed by atoms with Gasteiger partial charge in [-0.25, -0.2) is 0 Å². The maximum Gasteiger partial charge on any atom is 0.142 e. The fourth-order valence-electron chi connectivity index (χ4n) is 5.22. The quantitative estimate of drug-likeness (QED) is 0.311. The summed E-state index contributed by atoms with van der Waals surface area (Å²) in [4.78, 5) is -1.82. The highest BCUT2D eigenvalue weighted by molar-refractivity contribution is 7.82. The van der Waals surface area contributed by atoms with Gasteiger partial charge < -0.3 is 32.7 Å². The first kappa shape index (κ1) is 18.8. The van der Waals surface area contributed by atoms with Gasteiger partial charge in [-0.2, -0.15) is 0 Å². The highest BCUT2D eigenvalue weighted by Gasteiger charge is 2.55. The number of hydrogen-bond acceptors (Lipinski definition) is 8. The molecule has 32 heavy (non-hydrogen) atoms. The van der Waals surface area contributed by atoms with Crippen LogP contribution in [0.5, 0.6) is 0 Å². The van der Waals surface area contributed by atoms with Gasteiger partial charge in [0.25, 0.3) is 0 Å². The van der Waals surface area contributed by atoms with Crippen molar-refractivity contribution in [2.75, 3.05) is 21.3 Å². The van der Waals surface area contributed by atoms with Gasteiger partial charge in [-0.05, 0) is 47.1 Å². The highest BCUT2D eigenvalue weighted by Crippen LogP contribution is 2.57. The largest absolute Gasteiger partial charge is 0.362 e. The third-order valence-corrected chi connectivity index (χ3v) is 8.31. The molecule has 4 unspecified atom stereocenters. The Morgan fingerprint density at radius 3 is 1.94 bits per heavy atom. The van der Waals surface area contributed by atoms with Crippen molar-refractivity contribution >= 4 is 48.0 Å². The molecule has 0 saturated heterocycles. The van der Waals surface area contributed by atoms with Crippen LogP contribution in [-0.2, 0) is 0 Å². The fraction of sp³-hybridized carbons (Fsp3) is 0.167. The van der Waals surface area contributed by atoms with Crippen molar-refractivity contribution < 1.29 is 0 Å². The summed E-state index contributed by atoms with van der Waals surface area (Å²) in [5.74, 6) is 0. The molecule has 0 amide bonds. The number of thiol groups is 2. The van der Waals surface area contributed by atoms with Crippen LogP contribution in [0.1, 0.15) is 0 Å². The monoisotopic (exact) mass is 458 g/mol. The third kappa shape index (κ3) is 2.15. The average Bonchev–Trinajstić information content (AvgIpc) is 2.87. The maximum absolute atomic E-state index is 6.98. The molecule has 4 atom stereocenters. The van der Waals surface area contributed by atoms with Crippen LogP contribution in [0.4, 0.5) is 22.7 Å². The number of benzene rings is 2. The van der Waals surface area contributed by atoms with Crippen molar-refractivity contribution in [3.63, 3.8) is 0 Å². The van der Waals surface area contributed by atoms with E-state index < -0.39 is 21.1 Å². The minimum Gasteiger partial charge on any atom is -0.362 e. The summed E-state index contributed by atoms with van der Waals surface area (Å²) in [5.41, 5.74) is 19.4. The average molecular weight is 459 g/mol. The Bertz CT molecular complexity index is 1350. The van der Waals surface area contributed by atoms with Crippen LogP contribution < -0.4 is 32.7 Å². The van der Waals surface area contributed by atoms with Crippen LogP contribution in [0.2, 0.25) is 0 Å². The predicted octanol–water partition coefficient (Wildman–Crippen LogP) is 3.60. The number of anilines is 4. The van der Waals surface area contributed by atoms with Crippen LogP contribution in [-0.4, -0.2) is 21.1 Å². The number of allylic oxidation sites excluding steroid dienone is 4. The summed E-state index contributed by atoms with van der Waals surface area (Å²) < 4.78 is 0. The van der Waals surface area contributed by atoms with E-state index in [9.17, 15) is 0 Å². The molecule has 3 aliphatic heterocycles. The van der Waals surface area contributed by atoms with Crippen molar-refractivity contribution in [3.8, 4) is 11.1 Å². The van der Waals surface area contributed by atoms with Crippen molar-refractivity contribution in [1.29, 1.82) is 0 Å². The van der Waals surface area contributed by atoms with E-state index in [1.54, 1.807) is 0 Å². The molecule has 5 aliphatic rings. The van der Waals surface area contributed by atoms with Gasteiger partial charge in [-0.15, -0.1) is 25.3 Å². The summed E-state index contributed by atoms with van der Waals surface area (Å²) in [7, 11) is 0. The zero-order valence-corrected chi connectivity index (χ0v) is 18.8. The maximum atomic E-state index is 6.98. The minimum atomic E-state index is -1.00. The van der Waals surface area contributed by atoms with Gasteiger partial charge in [0.15, 0.2) is 0 Å². The molecule has 2 aromatic carbocycles. The number of fused-ring (bicyclic) bond motifs is 1. The van der Waals surface area contributed by atoms with E-state index in [1.807, 2.05) is 42.5 Å². The number of hydrogen-bond donors (Lipinski definition) is 8. The van der Waals surface area contributed by atoms with E-state index in [4.69, 9.17) is 36.7 Å². The SMILES string of the molecule is NC12C=CC3=CC1(S)Nc1c(-c4ccccc4)cc4c(c1NC1(S)C=C3C=CC1(N)N4)N2. The predicted molar refractivity (Wildman–Crippen MR) is 138 cm³/mol. The molecule has 2 aromatic rings. The summed E-state index contributed by atoms with van der Waals surface area (Å²) in [6, 6.07) is 12.4. The summed E-state index contributed by atoms with van der Waals surface area (Å²) in [6.45, 7) is 0. The Kier molecular flexibility index (Phi) is 3.27. The highest BCUT2D eigenvalue weighted by atomic mass is 32.1. The zero-order chi connectivity index (χ0) is 21.9. The molecule has 7 rings (SSSR count). The molecule has 6 nitrogen and oxygen atoms in total. The van der Waals surface area contributed by atoms with Gasteiger partial charge in [-0.3, -0.25) is 0 Å². The second-order valence-electron chi connectivity index (χ2n) is 9.10. The Balaban J connectivity index is 1.65. The fourth-order valence-corrected chi connectivity index (χ4v) is 5.98. The van der Waals surface area contributed by atoms with E-state index in [2.05, 4.69) is 51.6 Å². The summed E-state index contributed by atoms with van der Waals surface area (Å²) >= 11 is 10.2. The molecule has 2 aliphatic carbocycles. The third-order valence-electron chi connectivity index (χ3n) is 7.09. The van der Waals surface area contributed by atoms with Crippen molar-refractivity contribution in [3.05, 3.63) is 84.0 Å². The molecule has 8 N–H and O–H groups in total. The van der Waals surface area contributed by atoms with Crippen LogP contribution in [0.15, 0.2) is 84.0 Å². The molecule has 0 fully saturated rings. The molecule has 0 radical (unpaired) electrons. The minimum absolute atomic E-state index is 0.824. The van der Waals surface area contributed by atoms with E-state index in [-0.39, 0.29) is 0 Å². The topological polar surface area (TPSA) is 100 Å². The molecule has 160 valence electrons. The molecular formula is C24H22N6S2. The molecule has 0 saturated carbocycles. The molecule has 3 heterocycles. The van der Waals surface area contributed by atoms with Crippen LogP contribution in [0.25, 0.3) is 11.1 Å². The first-order chi connectivity index (χ1) is 15.2. The lowest BCUT2D eigenvalue weighted by atomic mass is 9.83. The zero-order valence-electron chi connectivity index (χ0n) is 17.0. The first-order valence-electron chi connectivity index (χ1n) is 10.5. The standard InChI is InChI=1S/C24H22N6S2/c25-21-8-6-14-11-23(21,31)30-20-18-16(13-4-2-1-3-5-13)10-17(27-21)19(20)28-22(26)9-7-15(14)12-24(22,32)29-18/h1-12,27-32H,25-26H2. The lowest BCUT2D eigenvalue weighted by Gasteiger charge is -2.47. The molecule has 0 spiro atoms. The van der Waals surface area contributed by atoms with Crippen molar-refractivity contribution in [1.82, 2.24) is 0 Å².